The molecule has 30 heavy (non-hydrogen) atoms. The number of nitrogens with zero attached hydrogens (tertiary/aromatic N) is 1. The topological polar surface area (TPSA) is 76.1 Å². The molecule has 9 heteroatoms. The fraction of sp³-hybridized carbons (Fsp3) is 0.238. The van der Waals surface area contributed by atoms with Gasteiger partial charge in [-0.25, -0.2) is 4.79 Å². The van der Waals surface area contributed by atoms with Crippen LogP contribution in [0.3, 0.4) is 0 Å². The van der Waals surface area contributed by atoms with Crippen molar-refractivity contribution in [2.75, 3.05) is 18.6 Å². The van der Waals surface area contributed by atoms with E-state index in [1.807, 2.05) is 0 Å². The van der Waals surface area contributed by atoms with Gasteiger partial charge in [0.25, 0.3) is 0 Å². The molecule has 0 aromatic heterocycles. The average molecular weight is 419 g/mol. The number of rotatable bonds is 3. The van der Waals surface area contributed by atoms with Crippen molar-refractivity contribution < 1.29 is 37.3 Å². The Kier molecular flexibility index (Phi) is 4.68. The van der Waals surface area contributed by atoms with Crippen LogP contribution >= 0.6 is 0 Å². The van der Waals surface area contributed by atoms with Gasteiger partial charge in [0.05, 0.1) is 23.9 Å². The zero-order valence-corrected chi connectivity index (χ0v) is 15.7. The minimum absolute atomic E-state index is 0.0161. The second-order valence-electron chi connectivity index (χ2n) is 6.90. The monoisotopic (exact) mass is 419 g/mol. The third-order valence-electron chi connectivity index (χ3n) is 5.16. The summed E-state index contributed by atoms with van der Waals surface area (Å²) in [6.07, 6.45) is -4.72. The van der Waals surface area contributed by atoms with Crippen LogP contribution in [0.5, 0.6) is 11.5 Å². The van der Waals surface area contributed by atoms with E-state index in [2.05, 4.69) is 0 Å². The highest BCUT2D eigenvalue weighted by Crippen LogP contribution is 2.44. The molecule has 1 N–H and O–H groups in total. The minimum atomic E-state index is -4.57. The van der Waals surface area contributed by atoms with Crippen molar-refractivity contribution >= 4 is 17.6 Å². The fourth-order valence-corrected chi connectivity index (χ4v) is 3.77. The number of hydrogen-bond donors (Lipinski definition) is 1. The second kappa shape index (κ2) is 7.08. The molecule has 0 saturated heterocycles. The van der Waals surface area contributed by atoms with Gasteiger partial charge in [0.1, 0.15) is 6.61 Å². The van der Waals surface area contributed by atoms with Gasteiger partial charge < -0.3 is 14.6 Å². The molecule has 0 bridgehead atoms. The van der Waals surface area contributed by atoms with Crippen molar-refractivity contribution in [1.82, 2.24) is 0 Å². The first-order valence-electron chi connectivity index (χ1n) is 8.98. The van der Waals surface area contributed by atoms with Gasteiger partial charge in [-0.05, 0) is 35.9 Å². The molecule has 2 heterocycles. The Hall–Kier alpha value is -3.49. The summed E-state index contributed by atoms with van der Waals surface area (Å²) in [6, 6.07) is 8.84. The fourth-order valence-electron chi connectivity index (χ4n) is 3.77. The summed E-state index contributed by atoms with van der Waals surface area (Å²) >= 11 is 0. The molecule has 1 atom stereocenters. The van der Waals surface area contributed by atoms with E-state index in [1.165, 1.54) is 31.4 Å². The van der Waals surface area contributed by atoms with Crippen molar-refractivity contribution in [3.05, 3.63) is 64.9 Å². The Morgan fingerprint density at radius 2 is 1.93 bits per heavy atom. The minimum Gasteiger partial charge on any atom is -0.504 e. The van der Waals surface area contributed by atoms with Crippen LogP contribution in [0.4, 0.5) is 18.9 Å². The maximum absolute atomic E-state index is 13.1. The molecule has 0 aliphatic carbocycles. The molecule has 0 spiro atoms. The summed E-state index contributed by atoms with van der Waals surface area (Å²) in [5.41, 5.74) is 0.0911. The largest absolute Gasteiger partial charge is 0.504 e. The second-order valence-corrected chi connectivity index (χ2v) is 6.90. The van der Waals surface area contributed by atoms with Crippen LogP contribution in [0.1, 0.15) is 23.5 Å². The number of hydrogen-bond acceptors (Lipinski definition) is 5. The van der Waals surface area contributed by atoms with E-state index in [1.54, 1.807) is 6.07 Å². The summed E-state index contributed by atoms with van der Waals surface area (Å²) in [5, 5.41) is 9.81. The number of phenols is 1. The zero-order valence-electron chi connectivity index (χ0n) is 15.7. The van der Waals surface area contributed by atoms with Crippen LogP contribution in [0.25, 0.3) is 0 Å². The van der Waals surface area contributed by atoms with E-state index in [-0.39, 0.29) is 41.5 Å². The Bertz CT molecular complexity index is 1080. The van der Waals surface area contributed by atoms with E-state index < -0.39 is 29.5 Å². The van der Waals surface area contributed by atoms with Gasteiger partial charge in [-0.15, -0.1) is 0 Å². The molecule has 2 aromatic rings. The Labute approximate surface area is 169 Å². The number of phenolic OH excluding ortho intramolecular Hbond substituents is 1. The first-order valence-corrected chi connectivity index (χ1v) is 8.98. The van der Waals surface area contributed by atoms with E-state index in [4.69, 9.17) is 9.47 Å². The van der Waals surface area contributed by atoms with Crippen LogP contribution in [-0.2, 0) is 20.5 Å². The lowest BCUT2D eigenvalue weighted by atomic mass is 9.84. The number of methoxy groups -OCH3 is 1. The lowest BCUT2D eigenvalue weighted by Gasteiger charge is -2.32. The van der Waals surface area contributed by atoms with E-state index in [0.717, 1.165) is 17.0 Å². The first kappa shape index (κ1) is 19.8. The Morgan fingerprint density at radius 1 is 1.17 bits per heavy atom. The van der Waals surface area contributed by atoms with Gasteiger partial charge in [-0.1, -0.05) is 12.1 Å². The summed E-state index contributed by atoms with van der Waals surface area (Å²) in [6.45, 7) is -0.220. The van der Waals surface area contributed by atoms with Crippen molar-refractivity contribution in [3.8, 4) is 11.5 Å². The first-order chi connectivity index (χ1) is 14.2. The predicted octanol–water partition coefficient (Wildman–Crippen LogP) is 3.75. The number of cyclic esters (lactones) is 1. The number of amides is 1. The molecule has 0 saturated carbocycles. The van der Waals surface area contributed by atoms with Crippen LogP contribution in [0, 0.1) is 0 Å². The van der Waals surface area contributed by atoms with Crippen molar-refractivity contribution in [2.45, 2.75) is 18.5 Å². The third-order valence-corrected chi connectivity index (χ3v) is 5.16. The molecule has 0 fully saturated rings. The van der Waals surface area contributed by atoms with Crippen molar-refractivity contribution in [2.24, 2.45) is 0 Å². The average Bonchev–Trinajstić information content (AvgIpc) is 3.08. The molecule has 2 aliphatic heterocycles. The van der Waals surface area contributed by atoms with Gasteiger partial charge in [0.15, 0.2) is 11.5 Å². The summed E-state index contributed by atoms with van der Waals surface area (Å²) in [7, 11) is 1.37. The van der Waals surface area contributed by atoms with E-state index >= 15 is 0 Å². The highest BCUT2D eigenvalue weighted by molar-refractivity contribution is 6.06. The maximum atomic E-state index is 13.1. The molecule has 2 aliphatic rings. The number of anilines is 1. The molecule has 4 rings (SSSR count). The number of aromatic hydroxyl groups is 1. The van der Waals surface area contributed by atoms with Crippen molar-refractivity contribution in [1.29, 1.82) is 0 Å². The molecule has 0 unspecified atom stereocenters. The van der Waals surface area contributed by atoms with Gasteiger partial charge >= 0.3 is 12.1 Å². The molecule has 6 nitrogen and oxygen atoms in total. The number of ether oxygens (including phenoxy) is 2. The molecule has 1 amide bonds. The summed E-state index contributed by atoms with van der Waals surface area (Å²) in [4.78, 5) is 26.5. The highest BCUT2D eigenvalue weighted by atomic mass is 19.4. The number of esters is 1. The SMILES string of the molecule is COc1cc([C@@H]2CC(=O)N(c3cccc(C(F)(F)F)c3)C3=C2C(=O)OC3)ccc1O. The van der Waals surface area contributed by atoms with E-state index in [9.17, 15) is 27.9 Å². The lowest BCUT2D eigenvalue weighted by Crippen LogP contribution is -2.37. The van der Waals surface area contributed by atoms with Crippen molar-refractivity contribution in [3.63, 3.8) is 0 Å². The quantitative estimate of drug-likeness (QED) is 0.767. The number of alkyl halides is 3. The number of benzene rings is 2. The van der Waals surface area contributed by atoms with E-state index in [0.29, 0.717) is 5.56 Å². The molecule has 2 aromatic carbocycles. The molecule has 156 valence electrons. The summed E-state index contributed by atoms with van der Waals surface area (Å²) in [5.74, 6) is -1.69. The Morgan fingerprint density at radius 3 is 2.63 bits per heavy atom. The highest BCUT2D eigenvalue weighted by Gasteiger charge is 2.43. The van der Waals surface area contributed by atoms with Crippen LogP contribution in [-0.4, -0.2) is 30.7 Å². The van der Waals surface area contributed by atoms with Gasteiger partial charge in [0.2, 0.25) is 5.91 Å². The van der Waals surface area contributed by atoms with Gasteiger partial charge in [-0.2, -0.15) is 13.2 Å². The Balaban J connectivity index is 1.81. The van der Waals surface area contributed by atoms with Gasteiger partial charge in [-0.3, -0.25) is 9.69 Å². The van der Waals surface area contributed by atoms with Gasteiger partial charge in [0, 0.05) is 18.0 Å². The predicted molar refractivity (Wildman–Crippen MR) is 98.9 cm³/mol. The number of carbonyl (C=O) groups is 2. The van der Waals surface area contributed by atoms with Crippen LogP contribution in [0.15, 0.2) is 53.7 Å². The standard InChI is InChI=1S/C21H16F3NO5/c1-29-17-7-11(5-6-16(17)26)14-9-18(27)25(15-10-30-20(28)19(14)15)13-4-2-3-12(8-13)21(22,23)24/h2-8,14,26H,9-10H2,1H3/t14-/m0/s1. The summed E-state index contributed by atoms with van der Waals surface area (Å²) < 4.78 is 49.6. The zero-order chi connectivity index (χ0) is 21.6. The van der Waals surface area contributed by atoms with Crippen LogP contribution < -0.4 is 9.64 Å². The lowest BCUT2D eigenvalue weighted by molar-refractivity contribution is -0.138. The smallest absolute Gasteiger partial charge is 0.416 e. The third kappa shape index (κ3) is 3.26. The van der Waals surface area contributed by atoms with Crippen LogP contribution in [0.2, 0.25) is 0 Å². The maximum Gasteiger partial charge on any atom is 0.416 e. The number of carbonyl (C=O) groups excluding carboxylic acids is 2. The molecular formula is C21H16F3NO5. The molecular weight excluding hydrogens is 403 g/mol. The number of halogens is 3. The normalized spacial score (nSPS) is 19.1. The molecule has 0 radical (unpaired) electrons.